The molecular formula is C33H43NO4. The molecule has 2 atom stereocenters. The van der Waals surface area contributed by atoms with Crippen LogP contribution in [0.5, 0.6) is 0 Å². The van der Waals surface area contributed by atoms with Gasteiger partial charge in [0, 0.05) is 25.1 Å². The van der Waals surface area contributed by atoms with Gasteiger partial charge in [0.25, 0.3) is 0 Å². The summed E-state index contributed by atoms with van der Waals surface area (Å²) >= 11 is 0. The Bertz CT molecular complexity index is 1120. The van der Waals surface area contributed by atoms with Crippen LogP contribution < -0.4 is 0 Å². The highest BCUT2D eigenvalue weighted by atomic mass is 16.6. The zero-order chi connectivity index (χ0) is 27.5. The summed E-state index contributed by atoms with van der Waals surface area (Å²) in [5.41, 5.74) is 4.99. The van der Waals surface area contributed by atoms with Gasteiger partial charge < -0.3 is 14.7 Å². The zero-order valence-corrected chi connectivity index (χ0v) is 23.4. The van der Waals surface area contributed by atoms with Crippen molar-refractivity contribution in [2.45, 2.75) is 78.7 Å². The molecule has 0 saturated carbocycles. The van der Waals surface area contributed by atoms with Crippen LogP contribution in [0.3, 0.4) is 0 Å². The van der Waals surface area contributed by atoms with Crippen molar-refractivity contribution in [1.82, 2.24) is 4.90 Å². The predicted octanol–water partition coefficient (Wildman–Crippen LogP) is 7.18. The largest absolute Gasteiger partial charge is 0.508 e. The van der Waals surface area contributed by atoms with E-state index in [2.05, 4.69) is 56.4 Å². The summed E-state index contributed by atoms with van der Waals surface area (Å²) in [7, 11) is 0. The average molecular weight is 518 g/mol. The fraction of sp³-hybridized carbons (Fsp3) is 0.455. The third kappa shape index (κ3) is 8.90. The van der Waals surface area contributed by atoms with Crippen LogP contribution in [0, 0.1) is 5.92 Å². The van der Waals surface area contributed by atoms with Crippen molar-refractivity contribution in [3.8, 4) is 0 Å². The summed E-state index contributed by atoms with van der Waals surface area (Å²) in [6.07, 6.45) is 16.5. The number of cyclic esters (lactones) is 1. The Hall–Kier alpha value is -3.34. The molecule has 0 fully saturated rings. The summed E-state index contributed by atoms with van der Waals surface area (Å²) in [6, 6.07) is 10.3. The third-order valence-corrected chi connectivity index (χ3v) is 7.34. The minimum absolute atomic E-state index is 0.0635. The summed E-state index contributed by atoms with van der Waals surface area (Å²) < 4.78 is 5.21. The maximum absolute atomic E-state index is 12.7. The number of carbonyl (C=O) groups is 2. The van der Waals surface area contributed by atoms with Crippen molar-refractivity contribution in [2.75, 3.05) is 13.1 Å². The number of aliphatic hydroxyl groups is 1. The summed E-state index contributed by atoms with van der Waals surface area (Å²) in [5, 5.41) is 9.99. The van der Waals surface area contributed by atoms with Crippen molar-refractivity contribution in [1.29, 1.82) is 0 Å². The van der Waals surface area contributed by atoms with E-state index in [4.69, 9.17) is 4.74 Å². The quantitative estimate of drug-likeness (QED) is 0.161. The second-order valence-electron chi connectivity index (χ2n) is 10.7. The van der Waals surface area contributed by atoms with E-state index < -0.39 is 12.1 Å². The van der Waals surface area contributed by atoms with Crippen molar-refractivity contribution < 1.29 is 19.4 Å². The Balaban J connectivity index is 1.30. The third-order valence-electron chi connectivity index (χ3n) is 7.34. The van der Waals surface area contributed by atoms with E-state index in [0.717, 1.165) is 62.8 Å². The highest BCUT2D eigenvalue weighted by Gasteiger charge is 2.31. The molecule has 2 aliphatic heterocycles. The van der Waals surface area contributed by atoms with Crippen LogP contribution in [0.25, 0.3) is 0 Å². The van der Waals surface area contributed by atoms with E-state index in [1.54, 1.807) is 6.92 Å². The summed E-state index contributed by atoms with van der Waals surface area (Å²) in [6.45, 7) is 9.48. The molecular weight excluding hydrogens is 474 g/mol. The van der Waals surface area contributed by atoms with Gasteiger partial charge in [-0.1, -0.05) is 78.8 Å². The van der Waals surface area contributed by atoms with Crippen LogP contribution in [0.2, 0.25) is 0 Å². The lowest BCUT2D eigenvalue weighted by Crippen LogP contribution is -2.29. The number of benzene rings is 1. The van der Waals surface area contributed by atoms with Gasteiger partial charge in [0.15, 0.2) is 6.10 Å². The van der Waals surface area contributed by atoms with Crippen LogP contribution in [-0.4, -0.2) is 41.1 Å². The van der Waals surface area contributed by atoms with Crippen molar-refractivity contribution in [3.05, 3.63) is 94.3 Å². The van der Waals surface area contributed by atoms with Crippen molar-refractivity contribution in [2.24, 2.45) is 5.92 Å². The standard InChI is InChI=1S/C33H43NO4/c1-24(13-9-15-26(3)23-30-31(35)27(4)33(37)38-30)11-8-12-25(2)14-10-18-29-20-22-34(32(29)36)21-19-28-16-6-5-7-17-28/h5-8,11-12,15-17,20,24,30,35H,9-10,13-14,18-19,21-23H2,1-4H3/t24-,30-/m1/s1. The van der Waals surface area contributed by atoms with Crippen LogP contribution in [-0.2, 0) is 20.7 Å². The van der Waals surface area contributed by atoms with E-state index in [9.17, 15) is 14.7 Å². The first-order valence-corrected chi connectivity index (χ1v) is 13.9. The first-order chi connectivity index (χ1) is 18.2. The molecule has 38 heavy (non-hydrogen) atoms. The molecule has 1 amide bonds. The lowest BCUT2D eigenvalue weighted by atomic mass is 10.0. The Kier molecular flexibility index (Phi) is 11.2. The van der Waals surface area contributed by atoms with E-state index >= 15 is 0 Å². The number of amides is 1. The monoisotopic (exact) mass is 517 g/mol. The molecule has 1 aromatic carbocycles. The maximum Gasteiger partial charge on any atom is 0.338 e. The Labute approximate surface area is 228 Å². The highest BCUT2D eigenvalue weighted by Crippen LogP contribution is 2.25. The minimum Gasteiger partial charge on any atom is -0.508 e. The molecule has 0 spiro atoms. The molecule has 204 valence electrons. The molecule has 0 saturated heterocycles. The second-order valence-corrected chi connectivity index (χ2v) is 10.7. The number of allylic oxidation sites excluding steroid dienone is 5. The van der Waals surface area contributed by atoms with Gasteiger partial charge in [0.2, 0.25) is 5.91 Å². The number of carbonyl (C=O) groups excluding carboxylic acids is 2. The number of hydrogen-bond donors (Lipinski definition) is 1. The van der Waals surface area contributed by atoms with Gasteiger partial charge in [0.1, 0.15) is 5.76 Å². The number of ether oxygens (including phenoxy) is 1. The van der Waals surface area contributed by atoms with Crippen LogP contribution in [0.15, 0.2) is 88.8 Å². The normalized spacial score (nSPS) is 19.5. The molecule has 0 radical (unpaired) electrons. The highest BCUT2D eigenvalue weighted by molar-refractivity contribution is 5.95. The second kappa shape index (κ2) is 14.6. The molecule has 5 heteroatoms. The number of hydrogen-bond acceptors (Lipinski definition) is 4. The molecule has 0 aromatic heterocycles. The molecule has 3 rings (SSSR count). The Morgan fingerprint density at radius 1 is 1.16 bits per heavy atom. The van der Waals surface area contributed by atoms with Gasteiger partial charge in [-0.15, -0.1) is 0 Å². The number of rotatable bonds is 14. The number of esters is 1. The fourth-order valence-corrected chi connectivity index (χ4v) is 4.78. The first-order valence-electron chi connectivity index (χ1n) is 13.9. The molecule has 2 heterocycles. The van der Waals surface area contributed by atoms with Gasteiger partial charge in [-0.25, -0.2) is 4.79 Å². The average Bonchev–Trinajstić information content (AvgIpc) is 3.36. The molecule has 0 unspecified atom stereocenters. The van der Waals surface area contributed by atoms with Gasteiger partial charge in [-0.3, -0.25) is 4.79 Å². The lowest BCUT2D eigenvalue weighted by molar-refractivity contribution is -0.140. The Morgan fingerprint density at radius 2 is 1.92 bits per heavy atom. The van der Waals surface area contributed by atoms with Crippen LogP contribution in [0.1, 0.15) is 71.8 Å². The smallest absolute Gasteiger partial charge is 0.338 e. The topological polar surface area (TPSA) is 66.8 Å². The fourth-order valence-electron chi connectivity index (χ4n) is 4.78. The van der Waals surface area contributed by atoms with Crippen molar-refractivity contribution in [3.63, 3.8) is 0 Å². The van der Waals surface area contributed by atoms with Gasteiger partial charge in [-0.2, -0.15) is 0 Å². The maximum atomic E-state index is 12.7. The number of nitrogens with zero attached hydrogens (tertiary/aromatic N) is 1. The predicted molar refractivity (Wildman–Crippen MR) is 154 cm³/mol. The minimum atomic E-state index is -0.536. The summed E-state index contributed by atoms with van der Waals surface area (Å²) in [5.74, 6) is 0.292. The van der Waals surface area contributed by atoms with E-state index in [1.807, 2.05) is 30.0 Å². The SMILES string of the molecule is CC(=CC=C[C@@H](C)CCC=C(C)C[C@H]1OC(=O)C(C)=C1O)CCCC1=CCN(CCc2ccccc2)C1=O. The molecule has 0 aliphatic carbocycles. The zero-order valence-electron chi connectivity index (χ0n) is 23.4. The van der Waals surface area contributed by atoms with Crippen molar-refractivity contribution >= 4 is 11.9 Å². The Morgan fingerprint density at radius 3 is 2.63 bits per heavy atom. The molecule has 1 N–H and O–H groups in total. The van der Waals surface area contributed by atoms with E-state index in [0.29, 0.717) is 17.9 Å². The van der Waals surface area contributed by atoms with Gasteiger partial charge >= 0.3 is 5.97 Å². The molecule has 5 nitrogen and oxygen atoms in total. The lowest BCUT2D eigenvalue weighted by Gasteiger charge is -2.16. The van der Waals surface area contributed by atoms with E-state index in [-0.39, 0.29) is 11.7 Å². The van der Waals surface area contributed by atoms with Gasteiger partial charge in [0.05, 0.1) is 5.57 Å². The molecule has 2 aliphatic rings. The molecule has 0 bridgehead atoms. The first kappa shape index (κ1) is 29.2. The molecule has 1 aromatic rings. The van der Waals surface area contributed by atoms with E-state index in [1.165, 1.54) is 11.1 Å². The van der Waals surface area contributed by atoms with Gasteiger partial charge in [-0.05, 0) is 70.8 Å². The van der Waals surface area contributed by atoms with Crippen LogP contribution >= 0.6 is 0 Å². The number of aliphatic hydroxyl groups excluding tert-OH is 1. The summed E-state index contributed by atoms with van der Waals surface area (Å²) in [4.78, 5) is 26.2. The van der Waals surface area contributed by atoms with Crippen LogP contribution in [0.4, 0.5) is 0 Å².